The molecule has 1 rings (SSSR count). The van der Waals surface area contributed by atoms with Crippen molar-refractivity contribution in [3.8, 4) is 0 Å². The lowest BCUT2D eigenvalue weighted by atomic mass is 10.1. The lowest BCUT2D eigenvalue weighted by Crippen LogP contribution is -2.30. The second kappa shape index (κ2) is 6.20. The Morgan fingerprint density at radius 2 is 2.18 bits per heavy atom. The minimum atomic E-state index is -0.101. The Hall–Kier alpha value is -1.62. The summed E-state index contributed by atoms with van der Waals surface area (Å²) >= 11 is 0. The summed E-state index contributed by atoms with van der Waals surface area (Å²) in [7, 11) is 0. The summed E-state index contributed by atoms with van der Waals surface area (Å²) in [6.07, 6.45) is 1.81. The summed E-state index contributed by atoms with van der Waals surface area (Å²) in [5.41, 5.74) is 3.94. The van der Waals surface area contributed by atoms with E-state index in [0.29, 0.717) is 11.4 Å². The number of nitrogen functional groups attached to an aromatic ring is 1. The van der Waals surface area contributed by atoms with Crippen LogP contribution < -0.4 is 16.6 Å². The second-order valence-electron chi connectivity index (χ2n) is 4.25. The SMILES string of the molecule is CCCc1cc(C(=O)NC(C)C)cc(NN)n1. The van der Waals surface area contributed by atoms with Gasteiger partial charge in [-0.05, 0) is 32.4 Å². The number of nitrogens with zero attached hydrogens (tertiary/aromatic N) is 1. The number of hydrogen-bond acceptors (Lipinski definition) is 4. The zero-order valence-corrected chi connectivity index (χ0v) is 10.6. The number of carbonyl (C=O) groups excluding carboxylic acids is 1. The van der Waals surface area contributed by atoms with Gasteiger partial charge in [-0.3, -0.25) is 4.79 Å². The molecular weight excluding hydrogens is 216 g/mol. The van der Waals surface area contributed by atoms with Crippen molar-refractivity contribution in [2.24, 2.45) is 5.84 Å². The molecule has 0 radical (unpaired) electrons. The zero-order chi connectivity index (χ0) is 12.8. The van der Waals surface area contributed by atoms with Crippen LogP contribution in [0.25, 0.3) is 0 Å². The van der Waals surface area contributed by atoms with Crippen LogP contribution >= 0.6 is 0 Å². The lowest BCUT2D eigenvalue weighted by molar-refractivity contribution is 0.0943. The van der Waals surface area contributed by atoms with E-state index in [1.807, 2.05) is 19.9 Å². The number of hydrazine groups is 1. The van der Waals surface area contributed by atoms with Crippen molar-refractivity contribution in [1.29, 1.82) is 0 Å². The van der Waals surface area contributed by atoms with Gasteiger partial charge >= 0.3 is 0 Å². The van der Waals surface area contributed by atoms with Gasteiger partial charge in [0.1, 0.15) is 5.82 Å². The Bertz CT molecular complexity index is 390. The smallest absolute Gasteiger partial charge is 0.251 e. The average molecular weight is 236 g/mol. The quantitative estimate of drug-likeness (QED) is 0.534. The Balaban J connectivity index is 2.97. The molecule has 17 heavy (non-hydrogen) atoms. The predicted octanol–water partition coefficient (Wildman–Crippen LogP) is 1.46. The monoisotopic (exact) mass is 236 g/mol. The molecule has 0 saturated heterocycles. The maximum atomic E-state index is 11.9. The van der Waals surface area contributed by atoms with Crippen LogP contribution in [0.4, 0.5) is 5.82 Å². The van der Waals surface area contributed by atoms with E-state index < -0.39 is 0 Å². The molecule has 5 heteroatoms. The first-order valence-corrected chi connectivity index (χ1v) is 5.85. The van der Waals surface area contributed by atoms with Crippen molar-refractivity contribution in [3.63, 3.8) is 0 Å². The Morgan fingerprint density at radius 3 is 2.71 bits per heavy atom. The maximum Gasteiger partial charge on any atom is 0.251 e. The highest BCUT2D eigenvalue weighted by atomic mass is 16.1. The fourth-order valence-corrected chi connectivity index (χ4v) is 1.52. The van der Waals surface area contributed by atoms with Crippen molar-refractivity contribution in [2.75, 3.05) is 5.43 Å². The van der Waals surface area contributed by atoms with Gasteiger partial charge in [0.05, 0.1) is 0 Å². The van der Waals surface area contributed by atoms with Crippen molar-refractivity contribution in [3.05, 3.63) is 23.4 Å². The Kier molecular flexibility index (Phi) is 4.90. The minimum absolute atomic E-state index is 0.101. The molecule has 4 N–H and O–H groups in total. The third kappa shape index (κ3) is 4.03. The van der Waals surface area contributed by atoms with Gasteiger partial charge in [-0.15, -0.1) is 0 Å². The molecule has 0 aromatic carbocycles. The molecule has 5 nitrogen and oxygen atoms in total. The maximum absolute atomic E-state index is 11.9. The van der Waals surface area contributed by atoms with E-state index in [-0.39, 0.29) is 11.9 Å². The molecule has 0 fully saturated rings. The summed E-state index contributed by atoms with van der Waals surface area (Å²) in [4.78, 5) is 16.2. The van der Waals surface area contributed by atoms with E-state index >= 15 is 0 Å². The molecule has 0 aliphatic rings. The first-order chi connectivity index (χ1) is 8.06. The van der Waals surface area contributed by atoms with Crippen molar-refractivity contribution in [1.82, 2.24) is 10.3 Å². The van der Waals surface area contributed by atoms with E-state index in [9.17, 15) is 4.79 Å². The molecule has 1 amide bonds. The number of rotatable bonds is 5. The lowest BCUT2D eigenvalue weighted by Gasteiger charge is -2.10. The minimum Gasteiger partial charge on any atom is -0.350 e. The highest BCUT2D eigenvalue weighted by molar-refractivity contribution is 5.95. The van der Waals surface area contributed by atoms with Crippen LogP contribution in [-0.4, -0.2) is 16.9 Å². The molecule has 0 atom stereocenters. The third-order valence-corrected chi connectivity index (χ3v) is 2.21. The molecule has 1 aromatic rings. The van der Waals surface area contributed by atoms with Gasteiger partial charge in [0.15, 0.2) is 0 Å². The molecule has 0 aliphatic heterocycles. The van der Waals surface area contributed by atoms with Crippen molar-refractivity contribution < 1.29 is 4.79 Å². The van der Waals surface area contributed by atoms with Gasteiger partial charge in [0, 0.05) is 17.3 Å². The summed E-state index contributed by atoms with van der Waals surface area (Å²) in [5.74, 6) is 5.76. The fraction of sp³-hybridized carbons (Fsp3) is 0.500. The summed E-state index contributed by atoms with van der Waals surface area (Å²) < 4.78 is 0. The van der Waals surface area contributed by atoms with Crippen LogP contribution in [0.3, 0.4) is 0 Å². The molecule has 1 aromatic heterocycles. The van der Waals surface area contributed by atoms with Gasteiger partial charge in [-0.25, -0.2) is 10.8 Å². The molecular formula is C12H20N4O. The van der Waals surface area contributed by atoms with E-state index in [4.69, 9.17) is 5.84 Å². The van der Waals surface area contributed by atoms with E-state index in [2.05, 4.69) is 22.7 Å². The van der Waals surface area contributed by atoms with Crippen LogP contribution in [0, 0.1) is 0 Å². The Labute approximate surface area is 102 Å². The van der Waals surface area contributed by atoms with Crippen LogP contribution in [0.15, 0.2) is 12.1 Å². The number of carbonyl (C=O) groups is 1. The normalized spacial score (nSPS) is 10.4. The number of nitrogens with two attached hydrogens (primary N) is 1. The standard InChI is InChI=1S/C12H20N4O/c1-4-5-10-6-9(7-11(15-10)16-13)12(17)14-8(2)3/h6-8H,4-5,13H2,1-3H3,(H,14,17)(H,15,16). The number of pyridine rings is 1. The number of aromatic nitrogens is 1. The van der Waals surface area contributed by atoms with E-state index in [1.165, 1.54) is 0 Å². The third-order valence-electron chi connectivity index (χ3n) is 2.21. The molecule has 0 bridgehead atoms. The molecule has 0 unspecified atom stereocenters. The van der Waals surface area contributed by atoms with Gasteiger partial charge in [0.2, 0.25) is 0 Å². The molecule has 0 spiro atoms. The number of anilines is 1. The van der Waals surface area contributed by atoms with Crippen molar-refractivity contribution >= 4 is 11.7 Å². The first kappa shape index (κ1) is 13.4. The summed E-state index contributed by atoms with van der Waals surface area (Å²) in [6, 6.07) is 3.57. The van der Waals surface area contributed by atoms with Gasteiger partial charge in [0.25, 0.3) is 5.91 Å². The van der Waals surface area contributed by atoms with Gasteiger partial charge in [-0.2, -0.15) is 0 Å². The summed E-state index contributed by atoms with van der Waals surface area (Å²) in [5, 5.41) is 2.84. The van der Waals surface area contributed by atoms with Crippen LogP contribution in [0.1, 0.15) is 43.2 Å². The Morgan fingerprint density at radius 1 is 1.47 bits per heavy atom. The highest BCUT2D eigenvalue weighted by Gasteiger charge is 2.10. The topological polar surface area (TPSA) is 80.0 Å². The highest BCUT2D eigenvalue weighted by Crippen LogP contribution is 2.11. The fourth-order valence-electron chi connectivity index (χ4n) is 1.52. The van der Waals surface area contributed by atoms with E-state index in [0.717, 1.165) is 18.5 Å². The predicted molar refractivity (Wildman–Crippen MR) is 68.6 cm³/mol. The number of amides is 1. The molecule has 0 aliphatic carbocycles. The molecule has 1 heterocycles. The van der Waals surface area contributed by atoms with Crippen molar-refractivity contribution in [2.45, 2.75) is 39.7 Å². The summed E-state index contributed by atoms with van der Waals surface area (Å²) in [6.45, 7) is 5.92. The first-order valence-electron chi connectivity index (χ1n) is 5.85. The van der Waals surface area contributed by atoms with Gasteiger partial charge < -0.3 is 10.7 Å². The zero-order valence-electron chi connectivity index (χ0n) is 10.6. The number of nitrogens with one attached hydrogen (secondary N) is 2. The second-order valence-corrected chi connectivity index (χ2v) is 4.25. The average Bonchev–Trinajstić information content (AvgIpc) is 2.28. The van der Waals surface area contributed by atoms with Crippen LogP contribution in [0.2, 0.25) is 0 Å². The van der Waals surface area contributed by atoms with Crippen LogP contribution in [-0.2, 0) is 6.42 Å². The van der Waals surface area contributed by atoms with E-state index in [1.54, 1.807) is 6.07 Å². The van der Waals surface area contributed by atoms with Crippen LogP contribution in [0.5, 0.6) is 0 Å². The largest absolute Gasteiger partial charge is 0.350 e. The number of aryl methyl sites for hydroxylation is 1. The molecule has 94 valence electrons. The van der Waals surface area contributed by atoms with Gasteiger partial charge in [-0.1, -0.05) is 13.3 Å². The number of hydrogen-bond donors (Lipinski definition) is 3. The molecule has 0 saturated carbocycles.